The van der Waals surface area contributed by atoms with E-state index in [0.717, 1.165) is 25.0 Å². The van der Waals surface area contributed by atoms with Crippen LogP contribution in [0.25, 0.3) is 0 Å². The van der Waals surface area contributed by atoms with Crippen molar-refractivity contribution in [1.29, 1.82) is 0 Å². The van der Waals surface area contributed by atoms with E-state index in [-0.39, 0.29) is 24.0 Å². The largest absolute Gasteiger partial charge is 0.378 e. The lowest BCUT2D eigenvalue weighted by Gasteiger charge is -2.16. The summed E-state index contributed by atoms with van der Waals surface area (Å²) in [6, 6.07) is 0.455. The maximum atomic E-state index is 11.8. The highest BCUT2D eigenvalue weighted by Gasteiger charge is 2.42. The molecule has 3 amide bonds. The number of unbranched alkanes of at least 4 members (excludes halogenated alkanes) is 1. The van der Waals surface area contributed by atoms with Crippen molar-refractivity contribution in [2.45, 2.75) is 43.0 Å². The average Bonchev–Trinajstić information content (AvgIpc) is 3.22. The number of thioether (sulfide) groups is 1. The van der Waals surface area contributed by atoms with Crippen LogP contribution >= 0.6 is 11.8 Å². The van der Waals surface area contributed by atoms with Crippen LogP contribution in [0.4, 0.5) is 4.79 Å². The quantitative estimate of drug-likeness (QED) is 0.203. The van der Waals surface area contributed by atoms with Gasteiger partial charge in [0, 0.05) is 30.5 Å². The molecule has 28 heavy (non-hydrogen) atoms. The molecule has 2 heterocycles. The molecule has 162 valence electrons. The number of fused-ring (bicyclic) bond motifs is 1. The van der Waals surface area contributed by atoms with Crippen molar-refractivity contribution in [3.05, 3.63) is 0 Å². The first kappa shape index (κ1) is 23.2. The lowest BCUT2D eigenvalue weighted by atomic mass is 10.0. The molecule has 0 aromatic heterocycles. The van der Waals surface area contributed by atoms with E-state index >= 15 is 0 Å². The van der Waals surface area contributed by atoms with Crippen LogP contribution in [-0.4, -0.2) is 87.8 Å². The molecule has 2 rings (SSSR count). The van der Waals surface area contributed by atoms with Crippen LogP contribution in [0, 0.1) is 0 Å². The molecule has 0 spiro atoms. The fourth-order valence-electron chi connectivity index (χ4n) is 3.25. The molecule has 10 heteroatoms. The molecule has 1 unspecified atom stereocenters. The van der Waals surface area contributed by atoms with Gasteiger partial charge in [-0.2, -0.15) is 11.8 Å². The lowest BCUT2D eigenvalue weighted by Crippen LogP contribution is -2.36. The summed E-state index contributed by atoms with van der Waals surface area (Å²) in [4.78, 5) is 23.2. The smallest absolute Gasteiger partial charge is 0.315 e. The van der Waals surface area contributed by atoms with Crippen molar-refractivity contribution >= 4 is 23.7 Å². The summed E-state index contributed by atoms with van der Waals surface area (Å²) >= 11 is 1.91. The van der Waals surface area contributed by atoms with Crippen LogP contribution in [0.1, 0.15) is 25.7 Å². The summed E-state index contributed by atoms with van der Waals surface area (Å²) in [5, 5.41) is 9.26. The molecular weight excluding hydrogens is 384 g/mol. The number of urea groups is 1. The molecular formula is C18H34N4O5S. The van der Waals surface area contributed by atoms with Gasteiger partial charge in [-0.1, -0.05) is 6.42 Å². The van der Waals surface area contributed by atoms with Gasteiger partial charge in [-0.05, 0) is 12.8 Å². The van der Waals surface area contributed by atoms with Crippen LogP contribution in [0.2, 0.25) is 0 Å². The van der Waals surface area contributed by atoms with Crippen molar-refractivity contribution in [2.75, 3.05) is 58.5 Å². The first-order chi connectivity index (χ1) is 13.7. The third kappa shape index (κ3) is 8.95. The zero-order valence-corrected chi connectivity index (χ0v) is 17.3. The molecule has 0 saturated carbocycles. The van der Waals surface area contributed by atoms with E-state index in [1.807, 2.05) is 11.8 Å². The third-order valence-electron chi connectivity index (χ3n) is 4.66. The molecule has 0 bridgehead atoms. The van der Waals surface area contributed by atoms with E-state index in [2.05, 4.69) is 16.0 Å². The zero-order chi connectivity index (χ0) is 20.0. The Balaban J connectivity index is 1.34. The Morgan fingerprint density at radius 2 is 1.79 bits per heavy atom. The second kappa shape index (κ2) is 14.0. The van der Waals surface area contributed by atoms with Crippen LogP contribution in [0.3, 0.4) is 0 Å². The van der Waals surface area contributed by atoms with E-state index < -0.39 is 0 Å². The van der Waals surface area contributed by atoms with E-state index in [9.17, 15) is 9.59 Å². The highest BCUT2D eigenvalue weighted by Crippen LogP contribution is 2.33. The highest BCUT2D eigenvalue weighted by molar-refractivity contribution is 8.00. The number of carbonyl (C=O) groups excluding carboxylic acids is 2. The van der Waals surface area contributed by atoms with E-state index in [0.29, 0.717) is 64.4 Å². The number of rotatable bonds is 16. The minimum absolute atomic E-state index is 0.0509. The molecule has 0 aromatic rings. The van der Waals surface area contributed by atoms with Crippen LogP contribution in [0.5, 0.6) is 0 Å². The van der Waals surface area contributed by atoms with Gasteiger partial charge >= 0.3 is 6.03 Å². The van der Waals surface area contributed by atoms with Crippen LogP contribution in [-0.2, 0) is 19.0 Å². The molecule has 9 nitrogen and oxygen atoms in total. The van der Waals surface area contributed by atoms with E-state index in [1.54, 1.807) is 0 Å². The van der Waals surface area contributed by atoms with Crippen LogP contribution in [0.15, 0.2) is 0 Å². The van der Waals surface area contributed by atoms with Gasteiger partial charge in [0.25, 0.3) is 0 Å². The Labute approximate surface area is 171 Å². The van der Waals surface area contributed by atoms with E-state index in [4.69, 9.17) is 19.9 Å². The second-order valence-corrected chi connectivity index (χ2v) is 8.12. The number of hydrogen-bond donors (Lipinski definition) is 4. The fraction of sp³-hybridized carbons (Fsp3) is 0.889. The molecule has 2 fully saturated rings. The molecule has 2 aliphatic heterocycles. The summed E-state index contributed by atoms with van der Waals surface area (Å²) in [6.45, 7) is 4.15. The Bertz CT molecular complexity index is 471. The van der Waals surface area contributed by atoms with Crippen molar-refractivity contribution in [1.82, 2.24) is 16.0 Å². The average molecular weight is 419 g/mol. The van der Waals surface area contributed by atoms with Crippen molar-refractivity contribution in [3.63, 3.8) is 0 Å². The molecule has 5 N–H and O–H groups in total. The monoisotopic (exact) mass is 418 g/mol. The number of nitrogens with one attached hydrogen (secondary N) is 3. The zero-order valence-electron chi connectivity index (χ0n) is 16.5. The standard InChI is InChI=1S/C18H34N4O5S/c19-5-7-25-9-11-27-12-10-26-8-6-20-16(23)4-2-1-3-15-17-14(13-28-15)21-18(24)22-17/h14-15,17H,1-13,19H2,(H,20,23)(H2,21,22,24)/t14-,15?,17-/m0/s1. The maximum absolute atomic E-state index is 11.8. The van der Waals surface area contributed by atoms with Crippen molar-refractivity contribution < 1.29 is 23.8 Å². The van der Waals surface area contributed by atoms with Gasteiger partial charge in [0.1, 0.15) is 0 Å². The number of carbonyl (C=O) groups is 2. The summed E-state index contributed by atoms with van der Waals surface area (Å²) in [7, 11) is 0. The van der Waals surface area contributed by atoms with Gasteiger partial charge in [-0.15, -0.1) is 0 Å². The molecule has 2 aliphatic rings. The van der Waals surface area contributed by atoms with Gasteiger partial charge in [0.05, 0.1) is 51.7 Å². The molecule has 0 radical (unpaired) electrons. The van der Waals surface area contributed by atoms with Gasteiger partial charge in [0.15, 0.2) is 0 Å². The van der Waals surface area contributed by atoms with Gasteiger partial charge in [0.2, 0.25) is 5.91 Å². The first-order valence-electron chi connectivity index (χ1n) is 10.1. The molecule has 0 aliphatic carbocycles. The first-order valence-corrected chi connectivity index (χ1v) is 11.1. The summed E-state index contributed by atoms with van der Waals surface area (Å²) in [5.41, 5.74) is 5.31. The number of amides is 3. The summed E-state index contributed by atoms with van der Waals surface area (Å²) < 4.78 is 15.9. The predicted molar refractivity (Wildman–Crippen MR) is 108 cm³/mol. The topological polar surface area (TPSA) is 124 Å². The maximum Gasteiger partial charge on any atom is 0.315 e. The minimum Gasteiger partial charge on any atom is -0.378 e. The number of nitrogens with two attached hydrogens (primary N) is 1. The molecule has 3 atom stereocenters. The Kier molecular flexibility index (Phi) is 11.6. The van der Waals surface area contributed by atoms with Crippen molar-refractivity contribution in [3.8, 4) is 0 Å². The minimum atomic E-state index is -0.0509. The number of ether oxygens (including phenoxy) is 3. The molecule has 2 saturated heterocycles. The molecule has 0 aromatic carbocycles. The number of hydrogen-bond acceptors (Lipinski definition) is 7. The second-order valence-electron chi connectivity index (χ2n) is 6.84. The predicted octanol–water partition coefficient (Wildman–Crippen LogP) is -0.163. The van der Waals surface area contributed by atoms with Gasteiger partial charge < -0.3 is 35.9 Å². The van der Waals surface area contributed by atoms with Gasteiger partial charge in [-0.25, -0.2) is 4.79 Å². The fourth-order valence-corrected chi connectivity index (χ4v) is 4.79. The Hall–Kier alpha value is -1.07. The summed E-state index contributed by atoms with van der Waals surface area (Å²) in [5.74, 6) is 1.03. The normalized spacial score (nSPS) is 23.3. The summed E-state index contributed by atoms with van der Waals surface area (Å²) in [6.07, 6.45) is 3.42. The van der Waals surface area contributed by atoms with E-state index in [1.165, 1.54) is 0 Å². The highest BCUT2D eigenvalue weighted by atomic mass is 32.2. The Morgan fingerprint density at radius 3 is 2.54 bits per heavy atom. The van der Waals surface area contributed by atoms with Crippen molar-refractivity contribution in [2.24, 2.45) is 5.73 Å². The SMILES string of the molecule is NCCOCCOCCOCCNC(=O)CCCCC1SC[C@@H]2NC(=O)N[C@H]12. The Morgan fingerprint density at radius 1 is 1.07 bits per heavy atom. The van der Waals surface area contributed by atoms with Crippen LogP contribution < -0.4 is 21.7 Å². The third-order valence-corrected chi connectivity index (χ3v) is 6.16. The van der Waals surface area contributed by atoms with Gasteiger partial charge in [-0.3, -0.25) is 4.79 Å². The lowest BCUT2D eigenvalue weighted by molar-refractivity contribution is -0.121.